The van der Waals surface area contributed by atoms with Crippen LogP contribution in [0.5, 0.6) is 11.5 Å². The molecule has 1 saturated heterocycles. The van der Waals surface area contributed by atoms with E-state index in [1.54, 1.807) is 17.0 Å². The van der Waals surface area contributed by atoms with Crippen molar-refractivity contribution in [1.29, 1.82) is 0 Å². The Labute approximate surface area is 202 Å². The average Bonchev–Trinajstić information content (AvgIpc) is 3.23. The summed E-state index contributed by atoms with van der Waals surface area (Å²) in [5.41, 5.74) is 1.86. The van der Waals surface area contributed by atoms with Gasteiger partial charge in [0.1, 0.15) is 11.5 Å². The van der Waals surface area contributed by atoms with Crippen molar-refractivity contribution in [2.75, 3.05) is 57.5 Å². The average molecular weight is 490 g/mol. The van der Waals surface area contributed by atoms with Crippen LogP contribution in [0.25, 0.3) is 10.2 Å². The lowest BCUT2D eigenvalue weighted by molar-refractivity contribution is -0.120. The van der Waals surface area contributed by atoms with Gasteiger partial charge in [0.15, 0.2) is 11.7 Å². The number of anilines is 1. The fourth-order valence-corrected chi connectivity index (χ4v) is 5.14. The van der Waals surface area contributed by atoms with Gasteiger partial charge in [-0.1, -0.05) is 22.9 Å². The van der Waals surface area contributed by atoms with Crippen molar-refractivity contribution in [3.63, 3.8) is 0 Å². The lowest BCUT2D eigenvalue weighted by atomic mass is 10.2. The number of ether oxygens (including phenoxy) is 3. The second-order valence-corrected chi connectivity index (χ2v) is 9.20. The van der Waals surface area contributed by atoms with Gasteiger partial charge in [0.05, 0.1) is 30.0 Å². The summed E-state index contributed by atoms with van der Waals surface area (Å²) in [6.07, 6.45) is 0. The molecule has 0 unspecified atom stereocenters. The molecular formula is C24H28ClN3O4S. The van der Waals surface area contributed by atoms with Crippen LogP contribution in [0.1, 0.15) is 12.5 Å². The second kappa shape index (κ2) is 11.2. The zero-order valence-electron chi connectivity index (χ0n) is 18.9. The Bertz CT molecular complexity index is 1080. The minimum Gasteiger partial charge on any atom is -0.494 e. The molecule has 1 aliphatic rings. The Morgan fingerprint density at radius 3 is 2.58 bits per heavy atom. The van der Waals surface area contributed by atoms with E-state index in [4.69, 9.17) is 30.8 Å². The predicted molar refractivity (Wildman–Crippen MR) is 132 cm³/mol. The number of morpholine rings is 1. The zero-order valence-corrected chi connectivity index (χ0v) is 20.5. The molecule has 0 saturated carbocycles. The smallest absolute Gasteiger partial charge is 0.266 e. The number of thiazole rings is 1. The van der Waals surface area contributed by atoms with Crippen LogP contribution < -0.4 is 14.4 Å². The standard InChI is InChI=1S/C24H28ClN3O4S/c1-3-31-19-4-6-20(7-5-19)32-16-22(29)28(9-8-27-10-12-30-13-11-27)24-26-23-17(2)14-18(25)15-21(23)33-24/h4-7,14-15H,3,8-13,16H2,1-2H3. The number of fused-ring (bicyclic) bond motifs is 1. The van der Waals surface area contributed by atoms with Crippen molar-refractivity contribution >= 4 is 44.2 Å². The Morgan fingerprint density at radius 1 is 1.18 bits per heavy atom. The number of carbonyl (C=O) groups excluding carboxylic acids is 1. The van der Waals surface area contributed by atoms with Gasteiger partial charge in [-0.15, -0.1) is 0 Å². The summed E-state index contributed by atoms with van der Waals surface area (Å²) in [4.78, 5) is 22.1. The SMILES string of the molecule is CCOc1ccc(OCC(=O)N(CCN2CCOCC2)c2nc3c(C)cc(Cl)cc3s2)cc1. The fourth-order valence-electron chi connectivity index (χ4n) is 3.67. The highest BCUT2D eigenvalue weighted by Gasteiger charge is 2.22. The summed E-state index contributed by atoms with van der Waals surface area (Å²) in [7, 11) is 0. The molecule has 7 nitrogen and oxygen atoms in total. The maximum absolute atomic E-state index is 13.3. The topological polar surface area (TPSA) is 64.1 Å². The number of rotatable bonds is 9. The zero-order chi connectivity index (χ0) is 23.2. The number of amides is 1. The normalized spacial score (nSPS) is 14.4. The van der Waals surface area contributed by atoms with Gasteiger partial charge in [0.25, 0.3) is 5.91 Å². The van der Waals surface area contributed by atoms with Crippen LogP contribution in [-0.2, 0) is 9.53 Å². The van der Waals surface area contributed by atoms with E-state index < -0.39 is 0 Å². The minimum absolute atomic E-state index is 0.0766. The number of benzene rings is 2. The fraction of sp³-hybridized carbons (Fsp3) is 0.417. The number of halogens is 1. The summed E-state index contributed by atoms with van der Waals surface area (Å²) in [6, 6.07) is 11.1. The van der Waals surface area contributed by atoms with E-state index in [1.807, 2.05) is 38.1 Å². The van der Waals surface area contributed by atoms with E-state index >= 15 is 0 Å². The van der Waals surface area contributed by atoms with E-state index in [9.17, 15) is 4.79 Å². The summed E-state index contributed by atoms with van der Waals surface area (Å²) < 4.78 is 17.7. The third kappa shape index (κ3) is 6.14. The van der Waals surface area contributed by atoms with Gasteiger partial charge >= 0.3 is 0 Å². The number of hydrogen-bond acceptors (Lipinski definition) is 7. The lowest BCUT2D eigenvalue weighted by Crippen LogP contribution is -2.44. The van der Waals surface area contributed by atoms with E-state index in [1.165, 1.54) is 11.3 Å². The molecule has 1 fully saturated rings. The highest BCUT2D eigenvalue weighted by atomic mass is 35.5. The molecule has 1 aliphatic heterocycles. The van der Waals surface area contributed by atoms with Crippen LogP contribution in [0.2, 0.25) is 5.02 Å². The molecule has 4 rings (SSSR count). The summed E-state index contributed by atoms with van der Waals surface area (Å²) in [6.45, 7) is 8.86. The van der Waals surface area contributed by atoms with Crippen LogP contribution in [0.4, 0.5) is 5.13 Å². The highest BCUT2D eigenvalue weighted by molar-refractivity contribution is 7.22. The van der Waals surface area contributed by atoms with Crippen LogP contribution in [0.3, 0.4) is 0 Å². The molecule has 0 atom stereocenters. The summed E-state index contributed by atoms with van der Waals surface area (Å²) >= 11 is 7.71. The largest absolute Gasteiger partial charge is 0.494 e. The first kappa shape index (κ1) is 23.8. The number of aromatic nitrogens is 1. The third-order valence-corrected chi connectivity index (χ3v) is 6.66. The number of carbonyl (C=O) groups is 1. The molecule has 2 heterocycles. The quantitative estimate of drug-likeness (QED) is 0.444. The Morgan fingerprint density at radius 2 is 1.88 bits per heavy atom. The lowest BCUT2D eigenvalue weighted by Gasteiger charge is -2.29. The molecule has 0 spiro atoms. The van der Waals surface area contributed by atoms with E-state index in [-0.39, 0.29) is 12.5 Å². The number of nitrogens with zero attached hydrogens (tertiary/aromatic N) is 3. The summed E-state index contributed by atoms with van der Waals surface area (Å²) in [5.74, 6) is 1.25. The molecule has 0 aliphatic carbocycles. The molecule has 33 heavy (non-hydrogen) atoms. The Kier molecular flexibility index (Phi) is 8.03. The molecule has 1 aromatic heterocycles. The molecule has 3 aromatic rings. The third-order valence-electron chi connectivity index (χ3n) is 5.41. The van der Waals surface area contributed by atoms with Gasteiger partial charge in [0.2, 0.25) is 0 Å². The molecule has 0 N–H and O–H groups in total. The van der Waals surface area contributed by atoms with Crippen LogP contribution in [-0.4, -0.2) is 68.4 Å². The molecule has 1 amide bonds. The van der Waals surface area contributed by atoms with Crippen molar-refractivity contribution in [2.24, 2.45) is 0 Å². The molecule has 2 aromatic carbocycles. The van der Waals surface area contributed by atoms with Gasteiger partial charge < -0.3 is 14.2 Å². The molecule has 176 valence electrons. The Hall–Kier alpha value is -2.39. The van der Waals surface area contributed by atoms with Crippen molar-refractivity contribution < 1.29 is 19.0 Å². The minimum atomic E-state index is -0.139. The van der Waals surface area contributed by atoms with Gasteiger partial charge in [-0.25, -0.2) is 4.98 Å². The first-order valence-corrected chi connectivity index (χ1v) is 12.3. The van der Waals surface area contributed by atoms with E-state index in [2.05, 4.69) is 4.90 Å². The molecule has 0 radical (unpaired) electrons. The predicted octanol–water partition coefficient (Wildman–Crippen LogP) is 4.40. The maximum Gasteiger partial charge on any atom is 0.266 e. The first-order valence-electron chi connectivity index (χ1n) is 11.1. The van der Waals surface area contributed by atoms with E-state index in [0.29, 0.717) is 42.3 Å². The van der Waals surface area contributed by atoms with Gasteiger partial charge in [-0.05, 0) is 55.8 Å². The van der Waals surface area contributed by atoms with Crippen molar-refractivity contribution in [3.8, 4) is 11.5 Å². The molecular weight excluding hydrogens is 462 g/mol. The second-order valence-electron chi connectivity index (χ2n) is 7.76. The van der Waals surface area contributed by atoms with Crippen molar-refractivity contribution in [1.82, 2.24) is 9.88 Å². The molecule has 9 heteroatoms. The Balaban J connectivity index is 1.50. The van der Waals surface area contributed by atoms with Gasteiger partial charge in [-0.2, -0.15) is 0 Å². The van der Waals surface area contributed by atoms with E-state index in [0.717, 1.165) is 41.2 Å². The number of hydrogen-bond donors (Lipinski definition) is 0. The van der Waals surface area contributed by atoms with Crippen LogP contribution in [0, 0.1) is 6.92 Å². The van der Waals surface area contributed by atoms with Crippen LogP contribution in [0.15, 0.2) is 36.4 Å². The highest BCUT2D eigenvalue weighted by Crippen LogP contribution is 2.33. The monoisotopic (exact) mass is 489 g/mol. The molecule has 0 bridgehead atoms. The first-order chi connectivity index (χ1) is 16.0. The van der Waals surface area contributed by atoms with Crippen molar-refractivity contribution in [2.45, 2.75) is 13.8 Å². The van der Waals surface area contributed by atoms with Crippen LogP contribution >= 0.6 is 22.9 Å². The van der Waals surface area contributed by atoms with Gasteiger partial charge in [0, 0.05) is 31.2 Å². The summed E-state index contributed by atoms with van der Waals surface area (Å²) in [5, 5.41) is 1.32. The number of aryl methyl sites for hydroxylation is 1. The van der Waals surface area contributed by atoms with Crippen molar-refractivity contribution in [3.05, 3.63) is 47.0 Å². The van der Waals surface area contributed by atoms with Gasteiger partial charge in [-0.3, -0.25) is 14.6 Å². The maximum atomic E-state index is 13.3.